The van der Waals surface area contributed by atoms with E-state index in [1.807, 2.05) is 12.1 Å². The van der Waals surface area contributed by atoms with Crippen LogP contribution in [0, 0.1) is 5.92 Å². The van der Waals surface area contributed by atoms with E-state index in [0.29, 0.717) is 12.5 Å². The van der Waals surface area contributed by atoms with E-state index >= 15 is 0 Å². The monoisotopic (exact) mass is 311 g/mol. The largest absolute Gasteiger partial charge is 0.369 e. The molecule has 18 heavy (non-hydrogen) atoms. The van der Waals surface area contributed by atoms with E-state index in [0.717, 1.165) is 34.7 Å². The summed E-state index contributed by atoms with van der Waals surface area (Å²) in [5.74, 6) is 1.54. The Bertz CT molecular complexity index is 534. The summed E-state index contributed by atoms with van der Waals surface area (Å²) in [6, 6.07) is 3.88. The van der Waals surface area contributed by atoms with Gasteiger partial charge in [0, 0.05) is 13.1 Å². The molecule has 0 fully saturated rings. The fourth-order valence-corrected chi connectivity index (χ4v) is 2.18. The first kappa shape index (κ1) is 13.3. The van der Waals surface area contributed by atoms with Gasteiger partial charge < -0.3 is 11.1 Å². The van der Waals surface area contributed by atoms with Crippen molar-refractivity contribution in [3.8, 4) is 0 Å². The lowest BCUT2D eigenvalue weighted by molar-refractivity contribution is 0.606. The summed E-state index contributed by atoms with van der Waals surface area (Å²) in [6.07, 6.45) is 1.12. The third kappa shape index (κ3) is 2.81. The third-order valence-electron chi connectivity index (χ3n) is 2.71. The van der Waals surface area contributed by atoms with Crippen molar-refractivity contribution in [2.75, 3.05) is 11.9 Å². The predicted molar refractivity (Wildman–Crippen MR) is 76.5 cm³/mol. The minimum atomic E-state index is 0.403. The summed E-state index contributed by atoms with van der Waals surface area (Å²) in [5, 5.41) is 7.79. The van der Waals surface area contributed by atoms with Crippen LogP contribution >= 0.6 is 15.9 Å². The fraction of sp³-hybridized carbons (Fsp3) is 0.500. The third-order valence-corrected chi connectivity index (χ3v) is 3.50. The Hall–Kier alpha value is -1.14. The van der Waals surface area contributed by atoms with Gasteiger partial charge in [0.1, 0.15) is 10.4 Å². The lowest BCUT2D eigenvalue weighted by Crippen LogP contribution is -2.07. The van der Waals surface area contributed by atoms with E-state index in [4.69, 9.17) is 5.73 Å². The highest BCUT2D eigenvalue weighted by Crippen LogP contribution is 2.18. The van der Waals surface area contributed by atoms with E-state index in [2.05, 4.69) is 45.2 Å². The Morgan fingerprint density at radius 3 is 2.89 bits per heavy atom. The lowest BCUT2D eigenvalue weighted by atomic mass is 10.1. The Kier molecular flexibility index (Phi) is 4.19. The van der Waals surface area contributed by atoms with Crippen LogP contribution in [0.25, 0.3) is 5.65 Å². The molecular weight excluding hydrogens is 294 g/mol. The van der Waals surface area contributed by atoms with Crippen molar-refractivity contribution >= 4 is 27.4 Å². The van der Waals surface area contributed by atoms with Crippen LogP contribution in [0.1, 0.15) is 26.0 Å². The van der Waals surface area contributed by atoms with Crippen molar-refractivity contribution < 1.29 is 0 Å². The molecule has 0 aromatic carbocycles. The van der Waals surface area contributed by atoms with Gasteiger partial charge in [-0.05, 0) is 40.4 Å². The number of imidazole rings is 1. The molecule has 2 heterocycles. The number of hydrogen-bond donors (Lipinski definition) is 2. The highest BCUT2D eigenvalue weighted by Gasteiger charge is 2.09. The maximum Gasteiger partial charge on any atom is 0.155 e. The van der Waals surface area contributed by atoms with Gasteiger partial charge in [-0.25, -0.2) is 9.50 Å². The standard InChI is InChI=1S/C12H18BrN5/c1-8(2)5-6-15-10-3-4-11-16-9(7-14)12(13)18(11)17-10/h3-4,8H,5-7,14H2,1-2H3,(H,15,17). The van der Waals surface area contributed by atoms with Crippen LogP contribution in [0.2, 0.25) is 0 Å². The van der Waals surface area contributed by atoms with Gasteiger partial charge in [0.25, 0.3) is 0 Å². The number of aromatic nitrogens is 3. The quantitative estimate of drug-likeness (QED) is 0.889. The molecule has 0 radical (unpaired) electrons. The van der Waals surface area contributed by atoms with Gasteiger partial charge in [0.2, 0.25) is 0 Å². The van der Waals surface area contributed by atoms with Crippen molar-refractivity contribution in [3.63, 3.8) is 0 Å². The van der Waals surface area contributed by atoms with Crippen LogP contribution in [-0.4, -0.2) is 21.1 Å². The zero-order chi connectivity index (χ0) is 13.1. The second-order valence-corrected chi connectivity index (χ2v) is 5.40. The zero-order valence-corrected chi connectivity index (χ0v) is 12.2. The highest BCUT2D eigenvalue weighted by molar-refractivity contribution is 9.10. The summed E-state index contributed by atoms with van der Waals surface area (Å²) in [6.45, 7) is 5.74. The van der Waals surface area contributed by atoms with E-state index in [9.17, 15) is 0 Å². The van der Waals surface area contributed by atoms with Crippen molar-refractivity contribution in [1.29, 1.82) is 0 Å². The number of hydrogen-bond acceptors (Lipinski definition) is 4. The molecule has 2 aromatic heterocycles. The molecule has 0 saturated heterocycles. The Balaban J connectivity index is 2.18. The summed E-state index contributed by atoms with van der Waals surface area (Å²) in [5.41, 5.74) is 7.24. The molecule has 0 amide bonds. The number of anilines is 1. The molecule has 0 saturated carbocycles. The lowest BCUT2D eigenvalue weighted by Gasteiger charge is -2.07. The van der Waals surface area contributed by atoms with Crippen LogP contribution in [0.3, 0.4) is 0 Å². The molecule has 0 aliphatic rings. The van der Waals surface area contributed by atoms with E-state index in [1.54, 1.807) is 4.52 Å². The first-order chi connectivity index (χ1) is 8.61. The van der Waals surface area contributed by atoms with Gasteiger partial charge in [0.05, 0.1) is 5.69 Å². The summed E-state index contributed by atoms with van der Waals surface area (Å²) < 4.78 is 2.59. The topological polar surface area (TPSA) is 68.2 Å². The molecule has 0 aliphatic heterocycles. The second-order valence-electron chi connectivity index (χ2n) is 4.65. The number of nitrogens with two attached hydrogens (primary N) is 1. The van der Waals surface area contributed by atoms with E-state index < -0.39 is 0 Å². The first-order valence-electron chi connectivity index (χ1n) is 6.10. The molecule has 2 aromatic rings. The number of halogens is 1. The molecule has 0 bridgehead atoms. The van der Waals surface area contributed by atoms with Crippen molar-refractivity contribution in [2.24, 2.45) is 11.7 Å². The van der Waals surface area contributed by atoms with Crippen molar-refractivity contribution in [1.82, 2.24) is 14.6 Å². The minimum Gasteiger partial charge on any atom is -0.369 e. The average Bonchev–Trinajstić information content (AvgIpc) is 2.66. The SMILES string of the molecule is CC(C)CCNc1ccc2nc(CN)c(Br)n2n1. The molecule has 0 unspecified atom stereocenters. The van der Waals surface area contributed by atoms with Gasteiger partial charge in [-0.15, -0.1) is 5.10 Å². The maximum absolute atomic E-state index is 5.62. The van der Waals surface area contributed by atoms with Crippen molar-refractivity contribution in [3.05, 3.63) is 22.4 Å². The van der Waals surface area contributed by atoms with Gasteiger partial charge >= 0.3 is 0 Å². The molecule has 3 N–H and O–H groups in total. The smallest absolute Gasteiger partial charge is 0.155 e. The fourth-order valence-electron chi connectivity index (χ4n) is 1.67. The first-order valence-corrected chi connectivity index (χ1v) is 6.89. The molecule has 0 atom stereocenters. The molecule has 2 rings (SSSR count). The Labute approximate surface area is 115 Å². The van der Waals surface area contributed by atoms with E-state index in [1.165, 1.54) is 0 Å². The number of fused-ring (bicyclic) bond motifs is 1. The van der Waals surface area contributed by atoms with Gasteiger partial charge in [-0.2, -0.15) is 0 Å². The number of nitrogens with zero attached hydrogens (tertiary/aromatic N) is 3. The summed E-state index contributed by atoms with van der Waals surface area (Å²) >= 11 is 3.47. The summed E-state index contributed by atoms with van der Waals surface area (Å²) in [4.78, 5) is 4.38. The second kappa shape index (κ2) is 5.67. The Morgan fingerprint density at radius 1 is 1.44 bits per heavy atom. The van der Waals surface area contributed by atoms with Crippen LogP contribution < -0.4 is 11.1 Å². The normalized spacial score (nSPS) is 11.4. The Morgan fingerprint density at radius 2 is 2.22 bits per heavy atom. The molecule has 0 aliphatic carbocycles. The van der Waals surface area contributed by atoms with Crippen LogP contribution in [0.4, 0.5) is 5.82 Å². The van der Waals surface area contributed by atoms with Crippen LogP contribution in [0.15, 0.2) is 16.7 Å². The maximum atomic E-state index is 5.62. The molecule has 0 spiro atoms. The number of nitrogens with one attached hydrogen (secondary N) is 1. The van der Waals surface area contributed by atoms with E-state index in [-0.39, 0.29) is 0 Å². The molecule has 98 valence electrons. The average molecular weight is 312 g/mol. The number of rotatable bonds is 5. The van der Waals surface area contributed by atoms with Crippen LogP contribution in [0.5, 0.6) is 0 Å². The van der Waals surface area contributed by atoms with Crippen molar-refractivity contribution in [2.45, 2.75) is 26.8 Å². The minimum absolute atomic E-state index is 0.403. The molecular formula is C12H18BrN5. The molecule has 6 heteroatoms. The highest BCUT2D eigenvalue weighted by atomic mass is 79.9. The van der Waals surface area contributed by atoms with Crippen LogP contribution in [-0.2, 0) is 6.54 Å². The summed E-state index contributed by atoms with van der Waals surface area (Å²) in [7, 11) is 0. The van der Waals surface area contributed by atoms with Gasteiger partial charge in [0.15, 0.2) is 5.65 Å². The van der Waals surface area contributed by atoms with Gasteiger partial charge in [-0.3, -0.25) is 0 Å². The van der Waals surface area contributed by atoms with Gasteiger partial charge in [-0.1, -0.05) is 13.8 Å². The predicted octanol–water partition coefficient (Wildman–Crippen LogP) is 2.41. The molecule has 5 nitrogen and oxygen atoms in total. The zero-order valence-electron chi connectivity index (χ0n) is 10.7.